The van der Waals surface area contributed by atoms with Crippen molar-refractivity contribution in [1.29, 1.82) is 0 Å². The first-order valence-corrected chi connectivity index (χ1v) is 6.37. The summed E-state index contributed by atoms with van der Waals surface area (Å²) in [5.41, 5.74) is 0. The molecular formula is C10H14N4O2S. The second-order valence-corrected chi connectivity index (χ2v) is 4.67. The first-order chi connectivity index (χ1) is 8.22. The van der Waals surface area contributed by atoms with Crippen molar-refractivity contribution in [3.63, 3.8) is 0 Å². The van der Waals surface area contributed by atoms with E-state index in [1.165, 1.54) is 6.20 Å². The summed E-state index contributed by atoms with van der Waals surface area (Å²) in [5, 5.41) is 6.99. The van der Waals surface area contributed by atoms with Crippen LogP contribution in [0.1, 0.15) is 26.2 Å². The Balaban J connectivity index is 2.02. The Kier molecular flexibility index (Phi) is 3.68. The van der Waals surface area contributed by atoms with Crippen LogP contribution in [0.5, 0.6) is 0 Å². The number of hydrogen-bond acceptors (Lipinski definition) is 5. The minimum atomic E-state index is -0.382. The van der Waals surface area contributed by atoms with Crippen molar-refractivity contribution >= 4 is 28.3 Å². The molecule has 6 nitrogen and oxygen atoms in total. The standard InChI is InChI=1S/C10H14N4O2S/c1-2-7(14-5-3-4-9(14)15)10(16)12-8-6-11-13-17-8/h6-7H,2-5H2,1H3,(H,12,16)/t7-/m1/s1. The molecular weight excluding hydrogens is 240 g/mol. The Hall–Kier alpha value is -1.50. The molecule has 0 aliphatic carbocycles. The molecule has 1 aromatic heterocycles. The van der Waals surface area contributed by atoms with Gasteiger partial charge in [-0.05, 0) is 12.8 Å². The Bertz CT molecular complexity index is 406. The molecule has 17 heavy (non-hydrogen) atoms. The Morgan fingerprint density at radius 1 is 1.71 bits per heavy atom. The number of nitrogens with one attached hydrogen (secondary N) is 1. The summed E-state index contributed by atoms with van der Waals surface area (Å²) >= 11 is 1.13. The van der Waals surface area contributed by atoms with Gasteiger partial charge in [0.15, 0.2) is 0 Å². The first-order valence-electron chi connectivity index (χ1n) is 5.60. The van der Waals surface area contributed by atoms with Crippen LogP contribution in [0.4, 0.5) is 5.00 Å². The van der Waals surface area contributed by atoms with Gasteiger partial charge in [0.1, 0.15) is 11.0 Å². The number of carbonyl (C=O) groups is 2. The quantitative estimate of drug-likeness (QED) is 0.865. The van der Waals surface area contributed by atoms with Gasteiger partial charge in [0.25, 0.3) is 0 Å². The lowest BCUT2D eigenvalue weighted by Gasteiger charge is -2.25. The van der Waals surface area contributed by atoms with E-state index in [0.29, 0.717) is 24.4 Å². The Labute approximate surface area is 103 Å². The van der Waals surface area contributed by atoms with Crippen molar-refractivity contribution in [2.45, 2.75) is 32.2 Å². The summed E-state index contributed by atoms with van der Waals surface area (Å²) < 4.78 is 3.67. The van der Waals surface area contributed by atoms with Crippen LogP contribution in [0.3, 0.4) is 0 Å². The molecule has 1 aromatic rings. The van der Waals surface area contributed by atoms with Gasteiger partial charge >= 0.3 is 0 Å². The Morgan fingerprint density at radius 2 is 2.53 bits per heavy atom. The molecule has 0 unspecified atom stereocenters. The molecule has 1 saturated heterocycles. The molecule has 2 rings (SSSR count). The average Bonchev–Trinajstić information content (AvgIpc) is 2.92. The predicted octanol–water partition coefficient (Wildman–Crippen LogP) is 0.878. The van der Waals surface area contributed by atoms with Crippen molar-refractivity contribution in [2.24, 2.45) is 0 Å². The third kappa shape index (κ3) is 2.60. The zero-order valence-electron chi connectivity index (χ0n) is 9.55. The fourth-order valence-electron chi connectivity index (χ4n) is 1.97. The normalized spacial score (nSPS) is 17.2. The van der Waals surface area contributed by atoms with Crippen molar-refractivity contribution < 1.29 is 9.59 Å². The molecule has 1 aliphatic heterocycles. The summed E-state index contributed by atoms with van der Waals surface area (Å²) in [7, 11) is 0. The highest BCUT2D eigenvalue weighted by molar-refractivity contribution is 7.10. The first kappa shape index (κ1) is 12.0. The van der Waals surface area contributed by atoms with Crippen LogP contribution >= 0.6 is 11.5 Å². The van der Waals surface area contributed by atoms with E-state index in [1.54, 1.807) is 4.90 Å². The maximum atomic E-state index is 12.0. The maximum Gasteiger partial charge on any atom is 0.247 e. The largest absolute Gasteiger partial charge is 0.331 e. The zero-order chi connectivity index (χ0) is 12.3. The molecule has 1 aliphatic rings. The molecule has 0 bridgehead atoms. The molecule has 7 heteroatoms. The smallest absolute Gasteiger partial charge is 0.247 e. The van der Waals surface area contributed by atoms with Crippen molar-refractivity contribution in [3.8, 4) is 0 Å². The number of carbonyl (C=O) groups excluding carboxylic acids is 2. The second kappa shape index (κ2) is 5.22. The molecule has 0 spiro atoms. The van der Waals surface area contributed by atoms with Crippen LogP contribution in [-0.2, 0) is 9.59 Å². The SMILES string of the molecule is CC[C@H](C(=O)Nc1cnns1)N1CCCC1=O. The van der Waals surface area contributed by atoms with Crippen molar-refractivity contribution in [2.75, 3.05) is 11.9 Å². The van der Waals surface area contributed by atoms with E-state index in [4.69, 9.17) is 0 Å². The van der Waals surface area contributed by atoms with Gasteiger partial charge in [0, 0.05) is 24.5 Å². The third-order valence-electron chi connectivity index (χ3n) is 2.78. The Morgan fingerprint density at radius 3 is 3.06 bits per heavy atom. The van der Waals surface area contributed by atoms with E-state index in [-0.39, 0.29) is 17.9 Å². The highest BCUT2D eigenvalue weighted by atomic mass is 32.1. The minimum absolute atomic E-state index is 0.0643. The summed E-state index contributed by atoms with van der Waals surface area (Å²) in [4.78, 5) is 25.3. The minimum Gasteiger partial charge on any atom is -0.331 e. The summed E-state index contributed by atoms with van der Waals surface area (Å²) in [6.07, 6.45) is 3.50. The molecule has 1 fully saturated rings. The van der Waals surface area contributed by atoms with Gasteiger partial charge in [0.05, 0.1) is 6.20 Å². The van der Waals surface area contributed by atoms with Gasteiger partial charge in [-0.15, -0.1) is 5.10 Å². The number of aromatic nitrogens is 2. The van der Waals surface area contributed by atoms with Gasteiger partial charge in [0.2, 0.25) is 11.8 Å². The number of hydrogen-bond donors (Lipinski definition) is 1. The predicted molar refractivity (Wildman–Crippen MR) is 63.6 cm³/mol. The van der Waals surface area contributed by atoms with E-state index >= 15 is 0 Å². The summed E-state index contributed by atoms with van der Waals surface area (Å²) in [6.45, 7) is 2.58. The number of amides is 2. The number of likely N-dealkylation sites (tertiary alicyclic amines) is 1. The van der Waals surface area contributed by atoms with Crippen molar-refractivity contribution in [3.05, 3.63) is 6.20 Å². The average molecular weight is 254 g/mol. The van der Waals surface area contributed by atoms with Crippen LogP contribution in [0, 0.1) is 0 Å². The van der Waals surface area contributed by atoms with E-state index in [2.05, 4.69) is 14.9 Å². The number of anilines is 1. The van der Waals surface area contributed by atoms with Gasteiger partial charge in [-0.25, -0.2) is 0 Å². The summed E-state index contributed by atoms with van der Waals surface area (Å²) in [5.74, 6) is -0.0942. The fourth-order valence-corrected chi connectivity index (χ4v) is 2.40. The number of rotatable bonds is 4. The van der Waals surface area contributed by atoms with Crippen LogP contribution in [-0.4, -0.2) is 38.9 Å². The second-order valence-electron chi connectivity index (χ2n) is 3.89. The lowest BCUT2D eigenvalue weighted by molar-refractivity contribution is -0.135. The fraction of sp³-hybridized carbons (Fsp3) is 0.600. The molecule has 1 atom stereocenters. The van der Waals surface area contributed by atoms with Crippen molar-refractivity contribution in [1.82, 2.24) is 14.5 Å². The molecule has 1 N–H and O–H groups in total. The van der Waals surface area contributed by atoms with Gasteiger partial charge in [-0.1, -0.05) is 11.4 Å². The molecule has 92 valence electrons. The lowest BCUT2D eigenvalue weighted by atomic mass is 10.2. The lowest BCUT2D eigenvalue weighted by Crippen LogP contribution is -2.44. The summed E-state index contributed by atoms with van der Waals surface area (Å²) in [6, 6.07) is -0.382. The maximum absolute atomic E-state index is 12.0. The molecule has 2 amide bonds. The molecule has 2 heterocycles. The van der Waals surface area contributed by atoms with Gasteiger partial charge < -0.3 is 10.2 Å². The van der Waals surface area contributed by atoms with Crippen LogP contribution in [0.2, 0.25) is 0 Å². The third-order valence-corrected chi connectivity index (χ3v) is 3.36. The van der Waals surface area contributed by atoms with Gasteiger partial charge in [-0.3, -0.25) is 9.59 Å². The number of nitrogens with zero attached hydrogens (tertiary/aromatic N) is 3. The zero-order valence-corrected chi connectivity index (χ0v) is 10.4. The van der Waals surface area contributed by atoms with E-state index in [9.17, 15) is 9.59 Å². The van der Waals surface area contributed by atoms with Gasteiger partial charge in [-0.2, -0.15) is 0 Å². The highest BCUT2D eigenvalue weighted by Gasteiger charge is 2.31. The monoisotopic (exact) mass is 254 g/mol. The molecule has 0 aromatic carbocycles. The van der Waals surface area contributed by atoms with Crippen LogP contribution < -0.4 is 5.32 Å². The molecule has 0 saturated carbocycles. The van der Waals surface area contributed by atoms with E-state index < -0.39 is 0 Å². The van der Waals surface area contributed by atoms with E-state index in [0.717, 1.165) is 18.0 Å². The van der Waals surface area contributed by atoms with Crippen LogP contribution in [0.25, 0.3) is 0 Å². The highest BCUT2D eigenvalue weighted by Crippen LogP contribution is 2.18. The topological polar surface area (TPSA) is 75.2 Å². The van der Waals surface area contributed by atoms with E-state index in [1.807, 2.05) is 6.92 Å². The molecule has 0 radical (unpaired) electrons. The van der Waals surface area contributed by atoms with Crippen LogP contribution in [0.15, 0.2) is 6.20 Å².